The highest BCUT2D eigenvalue weighted by atomic mass is 79.9. The summed E-state index contributed by atoms with van der Waals surface area (Å²) in [6.45, 7) is 59.5. The molecule has 0 aromatic rings. The van der Waals surface area contributed by atoms with Crippen LogP contribution in [0.4, 0.5) is 0 Å². The Kier molecular flexibility index (Phi) is 129. The van der Waals surface area contributed by atoms with Gasteiger partial charge in [0, 0.05) is 105 Å². The summed E-state index contributed by atoms with van der Waals surface area (Å²) in [7, 11) is -4.19. The van der Waals surface area contributed by atoms with Crippen molar-refractivity contribution < 1.29 is 34.0 Å². The molecule has 0 heterocycles. The molecule has 0 aliphatic rings. The first-order valence-corrected chi connectivity index (χ1v) is 69.2. The van der Waals surface area contributed by atoms with Crippen molar-refractivity contribution in [3.8, 4) is 0 Å². The van der Waals surface area contributed by atoms with E-state index in [4.69, 9.17) is 0 Å². The fourth-order valence-electron chi connectivity index (χ4n) is 22.4. The van der Waals surface area contributed by atoms with Crippen molar-refractivity contribution in [2.75, 3.05) is 105 Å². The first kappa shape index (κ1) is 148. The van der Waals surface area contributed by atoms with Crippen LogP contribution >= 0.6 is 15.7 Å². The predicted molar refractivity (Wildman–Crippen MR) is 640 cm³/mol. The van der Waals surface area contributed by atoms with Gasteiger partial charge in [-0.25, -0.2) is 0 Å². The maximum atomic E-state index is 3.39. The lowest BCUT2D eigenvalue weighted by atomic mass is 10.1. The second-order valence-corrected chi connectivity index (χ2v) is 51.7. The SMILES string of the molecule is CCCCCCCCN(CCCCCCCC)[P+](N(CCCCCCCC)CCCCCCCC)(N(CCCCCCCC)CCCCCCCC)N(CCCCCCCC)CCCCCCCC.CCCCCCCCN(CCCCCCCC)[P+](N(CCCCCCCC)CCCCCCCC)(N(CCCCCCCC)CCCCCCCC)N(CCCCCCCC)CCCCCCCC.[Br-].[Br-]. The highest BCUT2D eigenvalue weighted by molar-refractivity contribution is 7.67. The smallest absolute Gasteiger partial charge is 0.308 e. The molecular formula is C128H272Br2N8P2. The van der Waals surface area contributed by atoms with Crippen LogP contribution < -0.4 is 34.0 Å². The van der Waals surface area contributed by atoms with Crippen LogP contribution in [0, 0.1) is 0 Å². The predicted octanol–water partition coefficient (Wildman–Crippen LogP) is 39.5. The van der Waals surface area contributed by atoms with Crippen LogP contribution in [0.2, 0.25) is 0 Å². The zero-order valence-electron chi connectivity index (χ0n) is 100. The van der Waals surface area contributed by atoms with Crippen LogP contribution in [0.1, 0.15) is 727 Å². The average molecular weight is 2150 g/mol. The number of halogens is 2. The van der Waals surface area contributed by atoms with Crippen molar-refractivity contribution >= 4 is 15.7 Å². The summed E-state index contributed by atoms with van der Waals surface area (Å²) in [5.41, 5.74) is 0. The molecule has 0 unspecified atom stereocenters. The van der Waals surface area contributed by atoms with Crippen LogP contribution in [0.5, 0.6) is 0 Å². The lowest BCUT2D eigenvalue weighted by Crippen LogP contribution is -3.00. The first-order valence-electron chi connectivity index (χ1n) is 66.0. The second-order valence-electron chi connectivity index (χ2n) is 45.0. The van der Waals surface area contributed by atoms with Gasteiger partial charge in [0.05, 0.1) is 0 Å². The van der Waals surface area contributed by atoms with Crippen molar-refractivity contribution in [3.63, 3.8) is 0 Å². The Hall–Kier alpha value is 1.50. The summed E-state index contributed by atoms with van der Waals surface area (Å²) >= 11 is 0. The van der Waals surface area contributed by atoms with Gasteiger partial charge in [0.1, 0.15) is 0 Å². The number of nitrogens with zero attached hydrogens (tertiary/aromatic N) is 8. The summed E-state index contributed by atoms with van der Waals surface area (Å²) in [6, 6.07) is 0. The van der Waals surface area contributed by atoms with Crippen molar-refractivity contribution in [3.05, 3.63) is 0 Å². The molecule has 0 spiro atoms. The molecule has 0 aliphatic heterocycles. The normalized spacial score (nSPS) is 12.2. The minimum Gasteiger partial charge on any atom is -1.00 e. The average Bonchev–Trinajstić information content (AvgIpc) is 0.751. The van der Waals surface area contributed by atoms with Gasteiger partial charge in [-0.2, -0.15) is 0 Å². The highest BCUT2D eigenvalue weighted by Gasteiger charge is 2.62. The fourth-order valence-corrected chi connectivity index (χ4v) is 33.2. The fraction of sp³-hybridized carbons (Fsp3) is 1.00. The third-order valence-corrected chi connectivity index (χ3v) is 40.6. The first-order chi connectivity index (χ1) is 68.2. The van der Waals surface area contributed by atoms with Gasteiger partial charge in [0.25, 0.3) is 0 Å². The van der Waals surface area contributed by atoms with E-state index in [0.29, 0.717) is 0 Å². The Morgan fingerprint density at radius 3 is 0.186 bits per heavy atom. The molecule has 0 bridgehead atoms. The molecule has 8 nitrogen and oxygen atoms in total. The largest absolute Gasteiger partial charge is 1.00 e. The molecule has 140 heavy (non-hydrogen) atoms. The van der Waals surface area contributed by atoms with Crippen molar-refractivity contribution in [2.45, 2.75) is 727 Å². The summed E-state index contributed by atoms with van der Waals surface area (Å²) in [4.78, 5) is 0. The highest BCUT2D eigenvalue weighted by Crippen LogP contribution is 2.72. The van der Waals surface area contributed by atoms with Gasteiger partial charge in [-0.15, -0.1) is 37.4 Å². The van der Waals surface area contributed by atoms with Gasteiger partial charge in [0.2, 0.25) is 0 Å². The van der Waals surface area contributed by atoms with Crippen LogP contribution in [0.25, 0.3) is 0 Å². The molecule has 0 saturated carbocycles. The summed E-state index contributed by atoms with van der Waals surface area (Å²) in [5, 5.41) is 0. The molecule has 848 valence electrons. The molecule has 12 heteroatoms. The Labute approximate surface area is 912 Å². The molecule has 0 atom stereocenters. The molecule has 0 aromatic heterocycles. The molecule has 0 radical (unpaired) electrons. The Morgan fingerprint density at radius 1 is 0.0786 bits per heavy atom. The zero-order valence-corrected chi connectivity index (χ0v) is 105. The molecule has 0 fully saturated rings. The third kappa shape index (κ3) is 84.9. The number of unbranched alkanes of at least 4 members (excludes halogenated alkanes) is 80. The van der Waals surface area contributed by atoms with Gasteiger partial charge >= 0.3 is 15.7 Å². The number of hydrogen-bond acceptors (Lipinski definition) is 8. The molecule has 0 rings (SSSR count). The van der Waals surface area contributed by atoms with Crippen LogP contribution in [0.3, 0.4) is 0 Å². The topological polar surface area (TPSA) is 25.9 Å². The standard InChI is InChI=1S/2C64H136N4P.2BrH/c2*1-9-17-25-33-41-49-57-65(58-50-42-34-26-18-10-2)69(66(59-51-43-35-27-19-11-3)60-52-44-36-28-20-12-4,67(61-53-45-37-29-21-13-5)62-54-46-38-30-22-14-6)68(63-55-47-39-31-23-15-7)64-56-48-40-32-24-16-8;;/h2*9-64H2,1-8H3;2*1H/q2*+1;;/p-2. The quantitative estimate of drug-likeness (QED) is 0.0439. The molecule has 0 amide bonds. The lowest BCUT2D eigenvalue weighted by Gasteiger charge is -2.52. The lowest BCUT2D eigenvalue weighted by molar-refractivity contribution is -0.00100. The molecule has 0 saturated heterocycles. The zero-order chi connectivity index (χ0) is 101. The van der Waals surface area contributed by atoms with Gasteiger partial charge < -0.3 is 34.0 Å². The minimum absolute atomic E-state index is 0. The second kappa shape index (κ2) is 122. The van der Waals surface area contributed by atoms with Gasteiger partial charge in [-0.1, -0.05) is 624 Å². The van der Waals surface area contributed by atoms with E-state index in [0.717, 1.165) is 0 Å². The molecule has 0 N–H and O–H groups in total. The maximum absolute atomic E-state index is 3.39. The van der Waals surface area contributed by atoms with Crippen molar-refractivity contribution in [1.29, 1.82) is 0 Å². The number of rotatable bonds is 120. The Morgan fingerprint density at radius 2 is 0.129 bits per heavy atom. The van der Waals surface area contributed by atoms with E-state index in [1.807, 2.05) is 0 Å². The molecular weight excluding hydrogens is 1870 g/mol. The van der Waals surface area contributed by atoms with Gasteiger partial charge in [0.15, 0.2) is 0 Å². The van der Waals surface area contributed by atoms with Crippen molar-refractivity contribution in [1.82, 2.24) is 37.4 Å². The Bertz CT molecular complexity index is 1630. The van der Waals surface area contributed by atoms with Crippen LogP contribution in [-0.4, -0.2) is 142 Å². The van der Waals surface area contributed by atoms with Crippen LogP contribution in [-0.2, 0) is 0 Å². The summed E-state index contributed by atoms with van der Waals surface area (Å²) in [5.74, 6) is 0. The number of hydrogen-bond donors (Lipinski definition) is 0. The third-order valence-electron chi connectivity index (χ3n) is 31.4. The maximum Gasteiger partial charge on any atom is 0.308 e. The Balaban J connectivity index is -0.00000130. The monoisotopic (exact) mass is 2140 g/mol. The van der Waals surface area contributed by atoms with E-state index >= 15 is 0 Å². The van der Waals surface area contributed by atoms with Gasteiger partial charge in [-0.05, 0) is 103 Å². The summed E-state index contributed by atoms with van der Waals surface area (Å²) < 4.78 is 27.1. The van der Waals surface area contributed by atoms with E-state index in [9.17, 15) is 0 Å². The molecule has 0 aromatic carbocycles. The van der Waals surface area contributed by atoms with E-state index in [2.05, 4.69) is 148 Å². The van der Waals surface area contributed by atoms with Crippen molar-refractivity contribution in [2.24, 2.45) is 0 Å². The van der Waals surface area contributed by atoms with Gasteiger partial charge in [-0.3, -0.25) is 0 Å². The van der Waals surface area contributed by atoms with E-state index in [-0.39, 0.29) is 34.0 Å². The van der Waals surface area contributed by atoms with E-state index < -0.39 is 15.7 Å². The molecule has 0 aliphatic carbocycles. The van der Waals surface area contributed by atoms with Crippen LogP contribution in [0.15, 0.2) is 0 Å². The summed E-state index contributed by atoms with van der Waals surface area (Å²) in [6.07, 6.45) is 135. The van der Waals surface area contributed by atoms with E-state index in [1.54, 1.807) is 0 Å². The van der Waals surface area contributed by atoms with E-state index in [1.165, 1.54) is 721 Å². The minimum atomic E-state index is -2.09.